The second kappa shape index (κ2) is 7.17. The number of ether oxygens (including phenoxy) is 1. The zero-order valence-electron chi connectivity index (χ0n) is 15.0. The van der Waals surface area contributed by atoms with E-state index in [0.29, 0.717) is 38.5 Å². The molecule has 0 radical (unpaired) electrons. The van der Waals surface area contributed by atoms with E-state index in [1.165, 1.54) is 4.90 Å². The molecule has 8 heteroatoms. The summed E-state index contributed by atoms with van der Waals surface area (Å²) in [7, 11) is 0. The van der Waals surface area contributed by atoms with E-state index in [-0.39, 0.29) is 17.8 Å². The molecule has 0 bridgehead atoms. The summed E-state index contributed by atoms with van der Waals surface area (Å²) in [6.07, 6.45) is 3.39. The highest BCUT2D eigenvalue weighted by Gasteiger charge is 2.48. The number of halogens is 2. The molecule has 2 aliphatic rings. The maximum atomic E-state index is 13.8. The number of pyridine rings is 1. The maximum absolute atomic E-state index is 13.8. The number of carbonyl (C=O) groups excluding carboxylic acids is 2. The highest BCUT2D eigenvalue weighted by molar-refractivity contribution is 5.92. The molecule has 0 N–H and O–H groups in total. The Morgan fingerprint density at radius 3 is 2.69 bits per heavy atom. The third-order valence-corrected chi connectivity index (χ3v) is 5.21. The maximum Gasteiger partial charge on any atom is 0.410 e. The average Bonchev–Trinajstić information content (AvgIpc) is 2.91. The van der Waals surface area contributed by atoms with Crippen molar-refractivity contribution in [3.8, 4) is 0 Å². The Bertz CT molecular complexity index is 705. The molecule has 3 rings (SSSR count). The first-order valence-corrected chi connectivity index (χ1v) is 8.95. The Morgan fingerprint density at radius 2 is 2.08 bits per heavy atom. The Balaban J connectivity index is 1.64. The van der Waals surface area contributed by atoms with Gasteiger partial charge in [-0.05, 0) is 13.3 Å². The first kappa shape index (κ1) is 18.5. The summed E-state index contributed by atoms with van der Waals surface area (Å²) in [5.74, 6) is -2.36. The molecule has 2 aliphatic heterocycles. The molecule has 142 valence electrons. The van der Waals surface area contributed by atoms with Crippen molar-refractivity contribution in [3.05, 3.63) is 29.6 Å². The van der Waals surface area contributed by atoms with Crippen LogP contribution in [-0.4, -0.2) is 58.1 Å². The number of carbonyl (C=O) groups is 2. The van der Waals surface area contributed by atoms with Gasteiger partial charge in [-0.1, -0.05) is 13.3 Å². The van der Waals surface area contributed by atoms with Crippen LogP contribution in [0.4, 0.5) is 13.6 Å². The van der Waals surface area contributed by atoms with Gasteiger partial charge in [-0.15, -0.1) is 0 Å². The van der Waals surface area contributed by atoms with Gasteiger partial charge in [-0.25, -0.2) is 18.6 Å². The SMILES string of the molecule is CCC[C@H](C)N1CC2(CCN(C(=O)c3ncc(F)cc3F)CC2)OC1=O. The predicted octanol–water partition coefficient (Wildman–Crippen LogP) is 2.98. The lowest BCUT2D eigenvalue weighted by molar-refractivity contribution is 0.00277. The molecule has 1 atom stereocenters. The van der Waals surface area contributed by atoms with Gasteiger partial charge in [0.05, 0.1) is 12.7 Å². The van der Waals surface area contributed by atoms with Crippen molar-refractivity contribution in [1.82, 2.24) is 14.8 Å². The number of hydrogen-bond acceptors (Lipinski definition) is 4. The topological polar surface area (TPSA) is 62.7 Å². The van der Waals surface area contributed by atoms with Crippen molar-refractivity contribution < 1.29 is 23.1 Å². The highest BCUT2D eigenvalue weighted by atomic mass is 19.1. The van der Waals surface area contributed by atoms with E-state index in [2.05, 4.69) is 11.9 Å². The third kappa shape index (κ3) is 3.50. The summed E-state index contributed by atoms with van der Waals surface area (Å²) < 4.78 is 32.4. The van der Waals surface area contributed by atoms with Crippen molar-refractivity contribution in [2.45, 2.75) is 51.2 Å². The zero-order chi connectivity index (χ0) is 18.9. The monoisotopic (exact) mass is 367 g/mol. The molecule has 1 spiro atoms. The van der Waals surface area contributed by atoms with Crippen LogP contribution >= 0.6 is 0 Å². The van der Waals surface area contributed by atoms with Gasteiger partial charge in [0.15, 0.2) is 11.5 Å². The quantitative estimate of drug-likeness (QED) is 0.821. The number of nitrogens with zero attached hydrogens (tertiary/aromatic N) is 3. The van der Waals surface area contributed by atoms with Crippen LogP contribution in [0, 0.1) is 11.6 Å². The van der Waals surface area contributed by atoms with Crippen LogP contribution in [-0.2, 0) is 4.74 Å². The van der Waals surface area contributed by atoms with Crippen LogP contribution in [0.25, 0.3) is 0 Å². The summed E-state index contributed by atoms with van der Waals surface area (Å²) in [5, 5.41) is 0. The molecule has 26 heavy (non-hydrogen) atoms. The average molecular weight is 367 g/mol. The van der Waals surface area contributed by atoms with Crippen molar-refractivity contribution in [2.75, 3.05) is 19.6 Å². The molecule has 1 aromatic heterocycles. The van der Waals surface area contributed by atoms with E-state index in [1.54, 1.807) is 4.90 Å². The highest BCUT2D eigenvalue weighted by Crippen LogP contribution is 2.35. The Hall–Kier alpha value is -2.25. The largest absolute Gasteiger partial charge is 0.441 e. The van der Waals surface area contributed by atoms with E-state index in [4.69, 9.17) is 4.74 Å². The zero-order valence-corrected chi connectivity index (χ0v) is 15.0. The van der Waals surface area contributed by atoms with Crippen molar-refractivity contribution in [3.63, 3.8) is 0 Å². The van der Waals surface area contributed by atoms with E-state index in [0.717, 1.165) is 19.0 Å². The van der Waals surface area contributed by atoms with Crippen LogP contribution in [0.15, 0.2) is 12.3 Å². The van der Waals surface area contributed by atoms with Gasteiger partial charge < -0.3 is 14.5 Å². The Labute approximate surface area is 151 Å². The van der Waals surface area contributed by atoms with Crippen LogP contribution in [0.2, 0.25) is 0 Å². The second-order valence-corrected chi connectivity index (χ2v) is 7.09. The van der Waals surface area contributed by atoms with E-state index in [1.807, 2.05) is 6.92 Å². The molecule has 3 heterocycles. The minimum Gasteiger partial charge on any atom is -0.441 e. The molecule has 0 unspecified atom stereocenters. The third-order valence-electron chi connectivity index (χ3n) is 5.21. The molecule has 2 amide bonds. The van der Waals surface area contributed by atoms with Crippen LogP contribution in [0.1, 0.15) is 50.0 Å². The van der Waals surface area contributed by atoms with E-state index in [9.17, 15) is 18.4 Å². The number of likely N-dealkylation sites (tertiary alicyclic amines) is 1. The lowest BCUT2D eigenvalue weighted by Crippen LogP contribution is -2.49. The van der Waals surface area contributed by atoms with Gasteiger partial charge in [0.25, 0.3) is 5.91 Å². The molecule has 0 aliphatic carbocycles. The van der Waals surface area contributed by atoms with Gasteiger partial charge in [0.1, 0.15) is 11.4 Å². The number of amides is 2. The van der Waals surface area contributed by atoms with Gasteiger partial charge in [0, 0.05) is 38.0 Å². The van der Waals surface area contributed by atoms with Gasteiger partial charge in [-0.3, -0.25) is 4.79 Å². The number of aromatic nitrogens is 1. The molecule has 2 saturated heterocycles. The molecule has 0 saturated carbocycles. The normalized spacial score (nSPS) is 20.4. The fraction of sp³-hybridized carbons (Fsp3) is 0.611. The van der Waals surface area contributed by atoms with Gasteiger partial charge in [-0.2, -0.15) is 0 Å². The van der Waals surface area contributed by atoms with Crippen molar-refractivity contribution in [2.24, 2.45) is 0 Å². The molecule has 1 aromatic rings. The minimum atomic E-state index is -0.970. The molecule has 6 nitrogen and oxygen atoms in total. The summed E-state index contributed by atoms with van der Waals surface area (Å²) in [6.45, 7) is 5.26. The number of piperidine rings is 1. The summed E-state index contributed by atoms with van der Waals surface area (Å²) in [5.41, 5.74) is -0.978. The first-order valence-electron chi connectivity index (χ1n) is 8.95. The van der Waals surface area contributed by atoms with E-state index >= 15 is 0 Å². The van der Waals surface area contributed by atoms with Gasteiger partial charge >= 0.3 is 6.09 Å². The van der Waals surface area contributed by atoms with Crippen LogP contribution < -0.4 is 0 Å². The Kier molecular flexibility index (Phi) is 5.11. The molecular weight excluding hydrogens is 344 g/mol. The molecule has 0 aromatic carbocycles. The lowest BCUT2D eigenvalue weighted by Gasteiger charge is -2.37. The van der Waals surface area contributed by atoms with Crippen molar-refractivity contribution >= 4 is 12.0 Å². The smallest absolute Gasteiger partial charge is 0.410 e. The molecular formula is C18H23F2N3O3. The lowest BCUT2D eigenvalue weighted by atomic mass is 9.90. The summed E-state index contributed by atoms with van der Waals surface area (Å²) in [6, 6.07) is 0.765. The number of hydrogen-bond donors (Lipinski definition) is 0. The predicted molar refractivity (Wildman–Crippen MR) is 89.6 cm³/mol. The van der Waals surface area contributed by atoms with Crippen LogP contribution in [0.5, 0.6) is 0 Å². The van der Waals surface area contributed by atoms with Crippen molar-refractivity contribution in [1.29, 1.82) is 0 Å². The minimum absolute atomic E-state index is 0.115. The fourth-order valence-electron chi connectivity index (χ4n) is 3.66. The standard InChI is InChI=1S/C18H23F2N3O3/c1-3-4-12(2)23-11-18(26-17(23)25)5-7-22(8-6-18)16(24)15-14(20)9-13(19)10-21-15/h9-10,12H,3-8,11H2,1-2H3/t12-/m0/s1. The second-order valence-electron chi connectivity index (χ2n) is 7.09. The van der Waals surface area contributed by atoms with Crippen LogP contribution in [0.3, 0.4) is 0 Å². The fourth-order valence-corrected chi connectivity index (χ4v) is 3.66. The first-order chi connectivity index (χ1) is 12.3. The summed E-state index contributed by atoms with van der Waals surface area (Å²) in [4.78, 5) is 31.4. The Morgan fingerprint density at radius 1 is 1.38 bits per heavy atom. The molecule has 2 fully saturated rings. The van der Waals surface area contributed by atoms with E-state index < -0.39 is 23.1 Å². The summed E-state index contributed by atoms with van der Waals surface area (Å²) >= 11 is 0. The van der Waals surface area contributed by atoms with Gasteiger partial charge in [0.2, 0.25) is 0 Å². The number of rotatable bonds is 4.